The molecule has 2 N–H and O–H groups in total. The van der Waals surface area contributed by atoms with Crippen LogP contribution in [0.4, 0.5) is 0 Å². The third-order valence-corrected chi connectivity index (χ3v) is 3.50. The average Bonchev–Trinajstić information content (AvgIpc) is 2.65. The fraction of sp³-hybridized carbons (Fsp3) is 0.846. The summed E-state index contributed by atoms with van der Waals surface area (Å²) in [6, 6.07) is 0.593. The van der Waals surface area contributed by atoms with Crippen LogP contribution < -0.4 is 5.32 Å². The Morgan fingerprint density at radius 3 is 2.87 bits per heavy atom. The molecule has 3 atom stereocenters. The lowest BCUT2D eigenvalue weighted by Gasteiger charge is -2.21. The topological polar surface area (TPSA) is 32.3 Å². The van der Waals surface area contributed by atoms with Gasteiger partial charge in [-0.25, -0.2) is 0 Å². The maximum absolute atomic E-state index is 9.69. The summed E-state index contributed by atoms with van der Waals surface area (Å²) in [5.74, 6) is 0.489. The summed E-state index contributed by atoms with van der Waals surface area (Å²) in [4.78, 5) is 0. The van der Waals surface area contributed by atoms with E-state index in [2.05, 4.69) is 18.8 Å². The van der Waals surface area contributed by atoms with Crippen molar-refractivity contribution in [2.24, 2.45) is 5.92 Å². The van der Waals surface area contributed by atoms with E-state index in [1.165, 1.54) is 19.3 Å². The lowest BCUT2D eigenvalue weighted by Crippen LogP contribution is -2.35. The van der Waals surface area contributed by atoms with Gasteiger partial charge in [-0.05, 0) is 38.0 Å². The van der Waals surface area contributed by atoms with Gasteiger partial charge in [-0.1, -0.05) is 19.4 Å². The van der Waals surface area contributed by atoms with Gasteiger partial charge in [0.1, 0.15) is 0 Å². The number of hydrogen-bond acceptors (Lipinski definition) is 2. The largest absolute Gasteiger partial charge is 0.393 e. The fourth-order valence-electron chi connectivity index (χ4n) is 2.34. The Kier molecular flexibility index (Phi) is 5.96. The highest BCUT2D eigenvalue weighted by Gasteiger charge is 2.25. The summed E-state index contributed by atoms with van der Waals surface area (Å²) >= 11 is 0. The molecule has 0 heterocycles. The van der Waals surface area contributed by atoms with Crippen LogP contribution in [0.25, 0.3) is 0 Å². The van der Waals surface area contributed by atoms with E-state index in [0.29, 0.717) is 12.0 Å². The van der Waals surface area contributed by atoms with Crippen LogP contribution >= 0.6 is 0 Å². The Morgan fingerprint density at radius 1 is 1.53 bits per heavy atom. The van der Waals surface area contributed by atoms with E-state index in [0.717, 1.165) is 25.8 Å². The molecule has 0 unspecified atom stereocenters. The second-order valence-corrected chi connectivity index (χ2v) is 4.64. The molecule has 1 aliphatic carbocycles. The minimum absolute atomic E-state index is 0.0607. The molecule has 0 aromatic heterocycles. The Bertz CT molecular complexity index is 181. The summed E-state index contributed by atoms with van der Waals surface area (Å²) in [5.41, 5.74) is 0. The van der Waals surface area contributed by atoms with Crippen LogP contribution in [0.3, 0.4) is 0 Å². The summed E-state index contributed by atoms with van der Waals surface area (Å²) in [5, 5.41) is 13.3. The lowest BCUT2D eigenvalue weighted by molar-refractivity contribution is 0.129. The summed E-state index contributed by atoms with van der Waals surface area (Å²) in [6.45, 7) is 6.95. The van der Waals surface area contributed by atoms with Crippen molar-refractivity contribution in [1.82, 2.24) is 5.32 Å². The number of aliphatic hydroxyl groups is 1. The SMILES string of the molecule is C=CCC[C@@H](CC)NC[C@@H]1CCC[C@@H]1O. The number of hydrogen-bond donors (Lipinski definition) is 2. The van der Waals surface area contributed by atoms with Crippen LogP contribution in [0, 0.1) is 5.92 Å². The standard InChI is InChI=1S/C13H25NO/c1-3-5-8-12(4-2)14-10-11-7-6-9-13(11)15/h3,11-15H,1,4-10H2,2H3/t11-,12+,13-/m0/s1. The van der Waals surface area contributed by atoms with E-state index in [9.17, 15) is 5.11 Å². The van der Waals surface area contributed by atoms with Gasteiger partial charge in [0.25, 0.3) is 0 Å². The van der Waals surface area contributed by atoms with Crippen molar-refractivity contribution in [1.29, 1.82) is 0 Å². The summed E-state index contributed by atoms with van der Waals surface area (Å²) in [7, 11) is 0. The zero-order valence-electron chi connectivity index (χ0n) is 9.91. The first kappa shape index (κ1) is 12.7. The summed E-state index contributed by atoms with van der Waals surface area (Å²) < 4.78 is 0. The molecule has 0 aromatic rings. The zero-order chi connectivity index (χ0) is 11.1. The molecule has 1 aliphatic rings. The van der Waals surface area contributed by atoms with Crippen molar-refractivity contribution in [3.8, 4) is 0 Å². The highest BCUT2D eigenvalue weighted by atomic mass is 16.3. The molecule has 1 fully saturated rings. The molecule has 1 rings (SSSR count). The predicted molar refractivity (Wildman–Crippen MR) is 64.9 cm³/mol. The molecule has 0 amide bonds. The van der Waals surface area contributed by atoms with Crippen molar-refractivity contribution >= 4 is 0 Å². The van der Waals surface area contributed by atoms with Gasteiger partial charge in [0.15, 0.2) is 0 Å². The molecule has 88 valence electrons. The highest BCUT2D eigenvalue weighted by molar-refractivity contribution is 4.80. The first-order valence-electron chi connectivity index (χ1n) is 6.30. The molecule has 1 saturated carbocycles. The minimum atomic E-state index is -0.0607. The van der Waals surface area contributed by atoms with Gasteiger partial charge in [0, 0.05) is 12.6 Å². The molecule has 0 aromatic carbocycles. The average molecular weight is 211 g/mol. The second-order valence-electron chi connectivity index (χ2n) is 4.64. The first-order valence-corrected chi connectivity index (χ1v) is 6.30. The molecule has 2 nitrogen and oxygen atoms in total. The molecule has 0 spiro atoms. The van der Waals surface area contributed by atoms with E-state index in [-0.39, 0.29) is 6.10 Å². The van der Waals surface area contributed by atoms with E-state index in [1.807, 2.05) is 6.08 Å². The normalized spacial score (nSPS) is 27.9. The Hall–Kier alpha value is -0.340. The van der Waals surface area contributed by atoms with Crippen LogP contribution in [0.15, 0.2) is 12.7 Å². The number of rotatable bonds is 7. The van der Waals surface area contributed by atoms with E-state index >= 15 is 0 Å². The van der Waals surface area contributed by atoms with Crippen LogP contribution in [-0.4, -0.2) is 23.8 Å². The lowest BCUT2D eigenvalue weighted by atomic mass is 10.0. The van der Waals surface area contributed by atoms with Gasteiger partial charge in [-0.2, -0.15) is 0 Å². The van der Waals surface area contributed by atoms with Gasteiger partial charge >= 0.3 is 0 Å². The van der Waals surface area contributed by atoms with Crippen molar-refractivity contribution in [2.45, 2.75) is 57.6 Å². The van der Waals surface area contributed by atoms with Gasteiger partial charge in [0.05, 0.1) is 6.10 Å². The van der Waals surface area contributed by atoms with Gasteiger partial charge < -0.3 is 10.4 Å². The maximum atomic E-state index is 9.69. The van der Waals surface area contributed by atoms with Crippen molar-refractivity contribution in [2.75, 3.05) is 6.54 Å². The predicted octanol–water partition coefficient (Wildman–Crippen LogP) is 2.48. The Morgan fingerprint density at radius 2 is 2.33 bits per heavy atom. The van der Waals surface area contributed by atoms with Crippen LogP contribution in [-0.2, 0) is 0 Å². The molecular weight excluding hydrogens is 186 g/mol. The van der Waals surface area contributed by atoms with Crippen molar-refractivity contribution < 1.29 is 5.11 Å². The third kappa shape index (κ3) is 4.35. The molecule has 0 bridgehead atoms. The fourth-order valence-corrected chi connectivity index (χ4v) is 2.34. The zero-order valence-corrected chi connectivity index (χ0v) is 9.91. The van der Waals surface area contributed by atoms with E-state index in [4.69, 9.17) is 0 Å². The maximum Gasteiger partial charge on any atom is 0.0580 e. The highest BCUT2D eigenvalue weighted by Crippen LogP contribution is 2.24. The minimum Gasteiger partial charge on any atom is -0.393 e. The van der Waals surface area contributed by atoms with Gasteiger partial charge in [-0.3, -0.25) is 0 Å². The van der Waals surface area contributed by atoms with Gasteiger partial charge in [0.2, 0.25) is 0 Å². The molecule has 0 radical (unpaired) electrons. The van der Waals surface area contributed by atoms with Crippen LogP contribution in [0.5, 0.6) is 0 Å². The molecule has 15 heavy (non-hydrogen) atoms. The number of aliphatic hydroxyl groups excluding tert-OH is 1. The van der Waals surface area contributed by atoms with Crippen LogP contribution in [0.1, 0.15) is 45.4 Å². The van der Waals surface area contributed by atoms with Crippen molar-refractivity contribution in [3.63, 3.8) is 0 Å². The van der Waals surface area contributed by atoms with Crippen molar-refractivity contribution in [3.05, 3.63) is 12.7 Å². The Labute approximate surface area is 93.8 Å². The van der Waals surface area contributed by atoms with Gasteiger partial charge in [-0.15, -0.1) is 6.58 Å². The molecule has 2 heteroatoms. The van der Waals surface area contributed by atoms with E-state index in [1.54, 1.807) is 0 Å². The first-order chi connectivity index (χ1) is 7.27. The molecule has 0 aliphatic heterocycles. The molecule has 0 saturated heterocycles. The third-order valence-electron chi connectivity index (χ3n) is 3.50. The number of allylic oxidation sites excluding steroid dienone is 1. The summed E-state index contributed by atoms with van der Waals surface area (Å²) in [6.07, 6.45) is 8.71. The molecular formula is C13H25NO. The smallest absolute Gasteiger partial charge is 0.0580 e. The second kappa shape index (κ2) is 7.02. The monoisotopic (exact) mass is 211 g/mol. The quantitative estimate of drug-likeness (QED) is 0.634. The van der Waals surface area contributed by atoms with E-state index < -0.39 is 0 Å². The van der Waals surface area contributed by atoms with Crippen LogP contribution in [0.2, 0.25) is 0 Å². The Balaban J connectivity index is 2.18. The number of nitrogens with one attached hydrogen (secondary N) is 1.